The fourth-order valence-electron chi connectivity index (χ4n) is 3.30. The van der Waals surface area contributed by atoms with Crippen LogP contribution in [0.5, 0.6) is 5.75 Å². The molecule has 0 spiro atoms. The van der Waals surface area contributed by atoms with Crippen molar-refractivity contribution < 1.29 is 4.74 Å². The lowest BCUT2D eigenvalue weighted by Gasteiger charge is -2.19. The SMILES string of the molecule is CCCN(CC#Cc1cccs1)Cc1cccc(OCc2cc(-c3ccsc3)cs2)c1. The van der Waals surface area contributed by atoms with Gasteiger partial charge in [0.25, 0.3) is 0 Å². The van der Waals surface area contributed by atoms with Gasteiger partial charge in [-0.1, -0.05) is 37.0 Å². The molecule has 0 bridgehead atoms. The summed E-state index contributed by atoms with van der Waals surface area (Å²) in [6.45, 7) is 5.50. The summed E-state index contributed by atoms with van der Waals surface area (Å²) in [6, 6.07) is 16.9. The number of thiophene rings is 3. The van der Waals surface area contributed by atoms with E-state index in [9.17, 15) is 0 Å². The van der Waals surface area contributed by atoms with E-state index < -0.39 is 0 Å². The van der Waals surface area contributed by atoms with Gasteiger partial charge >= 0.3 is 0 Å². The highest BCUT2D eigenvalue weighted by Gasteiger charge is 2.07. The molecule has 0 N–H and O–H groups in total. The summed E-state index contributed by atoms with van der Waals surface area (Å²) >= 11 is 5.17. The minimum atomic E-state index is 0.600. The summed E-state index contributed by atoms with van der Waals surface area (Å²) < 4.78 is 6.10. The maximum absolute atomic E-state index is 6.10. The molecule has 3 heterocycles. The molecule has 3 aromatic heterocycles. The van der Waals surface area contributed by atoms with Gasteiger partial charge in [0.15, 0.2) is 0 Å². The normalized spacial score (nSPS) is 10.8. The Bertz CT molecular complexity index is 1120. The Labute approximate surface area is 196 Å². The minimum absolute atomic E-state index is 0.600. The van der Waals surface area contributed by atoms with Crippen LogP contribution in [0.2, 0.25) is 0 Å². The Morgan fingerprint density at radius 2 is 1.94 bits per heavy atom. The van der Waals surface area contributed by atoms with Crippen LogP contribution in [0.3, 0.4) is 0 Å². The van der Waals surface area contributed by atoms with Gasteiger partial charge in [-0.25, -0.2) is 0 Å². The lowest BCUT2D eigenvalue weighted by Crippen LogP contribution is -2.24. The molecule has 0 amide bonds. The highest BCUT2D eigenvalue weighted by Crippen LogP contribution is 2.28. The molecule has 0 saturated carbocycles. The highest BCUT2D eigenvalue weighted by atomic mass is 32.1. The van der Waals surface area contributed by atoms with Crippen molar-refractivity contribution in [2.45, 2.75) is 26.5 Å². The van der Waals surface area contributed by atoms with E-state index in [0.717, 1.165) is 36.7 Å². The Balaban J connectivity index is 1.34. The zero-order valence-electron chi connectivity index (χ0n) is 17.5. The molecule has 4 rings (SSSR count). The zero-order chi connectivity index (χ0) is 21.3. The Morgan fingerprint density at radius 3 is 2.74 bits per heavy atom. The van der Waals surface area contributed by atoms with E-state index in [1.165, 1.54) is 21.6 Å². The minimum Gasteiger partial charge on any atom is -0.488 e. The van der Waals surface area contributed by atoms with Crippen LogP contribution in [0, 0.1) is 11.8 Å². The summed E-state index contributed by atoms with van der Waals surface area (Å²) in [5, 5.41) is 8.57. The molecule has 0 saturated heterocycles. The molecule has 5 heteroatoms. The first-order chi connectivity index (χ1) is 15.3. The Hall–Kier alpha value is -2.36. The second-order valence-corrected chi connectivity index (χ2v) is 9.96. The molecule has 0 fully saturated rings. The van der Waals surface area contributed by atoms with Gasteiger partial charge in [-0.15, -0.1) is 22.7 Å². The van der Waals surface area contributed by atoms with Crippen LogP contribution in [0.1, 0.15) is 28.7 Å². The van der Waals surface area contributed by atoms with E-state index in [-0.39, 0.29) is 0 Å². The first-order valence-corrected chi connectivity index (χ1v) is 13.1. The molecule has 0 aliphatic rings. The van der Waals surface area contributed by atoms with Crippen molar-refractivity contribution in [3.63, 3.8) is 0 Å². The summed E-state index contributed by atoms with van der Waals surface area (Å²) in [6.07, 6.45) is 1.11. The molecule has 2 nitrogen and oxygen atoms in total. The van der Waals surface area contributed by atoms with Crippen LogP contribution in [0.15, 0.2) is 70.1 Å². The number of hydrogen-bond donors (Lipinski definition) is 0. The zero-order valence-corrected chi connectivity index (χ0v) is 20.0. The van der Waals surface area contributed by atoms with Gasteiger partial charge in [-0.2, -0.15) is 11.3 Å². The van der Waals surface area contributed by atoms with Gasteiger partial charge in [0.05, 0.1) is 11.4 Å². The number of nitrogens with zero attached hydrogens (tertiary/aromatic N) is 1. The van der Waals surface area contributed by atoms with Crippen LogP contribution < -0.4 is 4.74 Å². The average Bonchev–Trinajstić information content (AvgIpc) is 3.55. The van der Waals surface area contributed by atoms with E-state index in [0.29, 0.717) is 6.61 Å². The molecule has 158 valence electrons. The predicted octanol–water partition coefficient (Wildman–Crippen LogP) is 7.38. The Morgan fingerprint density at radius 1 is 0.968 bits per heavy atom. The third-order valence-corrected chi connectivity index (χ3v) is 7.15. The highest BCUT2D eigenvalue weighted by molar-refractivity contribution is 7.10. The van der Waals surface area contributed by atoms with Crippen molar-refractivity contribution in [3.05, 3.63) is 85.4 Å². The van der Waals surface area contributed by atoms with E-state index in [4.69, 9.17) is 4.74 Å². The standard InChI is InChI=1S/C26H25NOS3/c1-2-11-27(12-4-8-25-9-5-13-30-25)17-21-6-3-7-24(15-21)28-18-26-16-23(20-31-26)22-10-14-29-19-22/h3,5-7,9-10,13-16,19-20H,2,11-12,17-18H2,1H3. The van der Waals surface area contributed by atoms with Crippen LogP contribution in [-0.4, -0.2) is 18.0 Å². The smallest absolute Gasteiger partial charge is 0.122 e. The number of hydrogen-bond acceptors (Lipinski definition) is 5. The maximum atomic E-state index is 6.10. The molecule has 0 aliphatic carbocycles. The van der Waals surface area contributed by atoms with Crippen LogP contribution >= 0.6 is 34.0 Å². The van der Waals surface area contributed by atoms with Crippen LogP contribution in [0.25, 0.3) is 11.1 Å². The van der Waals surface area contributed by atoms with Crippen molar-refractivity contribution in [1.29, 1.82) is 0 Å². The lowest BCUT2D eigenvalue weighted by atomic mass is 10.2. The molecule has 0 radical (unpaired) electrons. The van der Waals surface area contributed by atoms with Gasteiger partial charge in [-0.05, 0) is 81.5 Å². The first kappa shape index (κ1) is 21.9. The third kappa shape index (κ3) is 6.56. The monoisotopic (exact) mass is 463 g/mol. The van der Waals surface area contributed by atoms with Crippen molar-refractivity contribution >= 4 is 34.0 Å². The topological polar surface area (TPSA) is 12.5 Å². The van der Waals surface area contributed by atoms with E-state index in [2.05, 4.69) is 81.6 Å². The third-order valence-electron chi connectivity index (χ3n) is 4.77. The van der Waals surface area contributed by atoms with E-state index in [1.807, 2.05) is 12.1 Å². The van der Waals surface area contributed by atoms with Crippen LogP contribution in [0.4, 0.5) is 0 Å². The molecule has 0 aliphatic heterocycles. The molecule has 0 atom stereocenters. The average molecular weight is 464 g/mol. The molecule has 4 aromatic rings. The predicted molar refractivity (Wildman–Crippen MR) is 135 cm³/mol. The first-order valence-electron chi connectivity index (χ1n) is 10.4. The van der Waals surface area contributed by atoms with Gasteiger partial charge in [0, 0.05) is 11.4 Å². The molecule has 31 heavy (non-hydrogen) atoms. The fourth-order valence-corrected chi connectivity index (χ4v) is 5.36. The van der Waals surface area contributed by atoms with Gasteiger partial charge in [0.2, 0.25) is 0 Å². The maximum Gasteiger partial charge on any atom is 0.122 e. The molecular formula is C26H25NOS3. The van der Waals surface area contributed by atoms with Crippen LogP contribution in [-0.2, 0) is 13.2 Å². The summed E-state index contributed by atoms with van der Waals surface area (Å²) in [5.74, 6) is 7.51. The fraction of sp³-hybridized carbons (Fsp3) is 0.231. The second kappa shape index (κ2) is 11.3. The van der Waals surface area contributed by atoms with Gasteiger partial charge < -0.3 is 4.74 Å². The summed E-state index contributed by atoms with van der Waals surface area (Å²) in [5.41, 5.74) is 3.82. The van der Waals surface area contributed by atoms with Gasteiger partial charge in [-0.3, -0.25) is 4.90 Å². The largest absolute Gasteiger partial charge is 0.488 e. The summed E-state index contributed by atoms with van der Waals surface area (Å²) in [4.78, 5) is 4.76. The van der Waals surface area contributed by atoms with Crippen molar-refractivity contribution in [2.75, 3.05) is 13.1 Å². The van der Waals surface area contributed by atoms with Crippen molar-refractivity contribution in [1.82, 2.24) is 4.90 Å². The Kier molecular flexibility index (Phi) is 7.98. The van der Waals surface area contributed by atoms with Crippen molar-refractivity contribution in [3.8, 4) is 28.7 Å². The molecular weight excluding hydrogens is 438 g/mol. The molecule has 1 aromatic carbocycles. The number of rotatable bonds is 9. The quantitative estimate of drug-likeness (QED) is 0.240. The van der Waals surface area contributed by atoms with E-state index >= 15 is 0 Å². The summed E-state index contributed by atoms with van der Waals surface area (Å²) in [7, 11) is 0. The van der Waals surface area contributed by atoms with E-state index in [1.54, 1.807) is 34.0 Å². The van der Waals surface area contributed by atoms with Crippen molar-refractivity contribution in [2.24, 2.45) is 0 Å². The molecule has 0 unspecified atom stereocenters. The van der Waals surface area contributed by atoms with Gasteiger partial charge in [0.1, 0.15) is 12.4 Å². The number of benzene rings is 1. The second-order valence-electron chi connectivity index (χ2n) is 7.24. The number of ether oxygens (including phenoxy) is 1. The lowest BCUT2D eigenvalue weighted by molar-refractivity contribution is 0.294.